The Balaban J connectivity index is 2.12. The number of nitrogens with zero attached hydrogens (tertiary/aromatic N) is 1. The summed E-state index contributed by atoms with van der Waals surface area (Å²) in [6, 6.07) is 7.91. The highest BCUT2D eigenvalue weighted by Crippen LogP contribution is 2.22. The summed E-state index contributed by atoms with van der Waals surface area (Å²) >= 11 is 1.03. The normalized spacial score (nSPS) is 11.5. The molecule has 2 aromatic rings. The van der Waals surface area contributed by atoms with E-state index in [-0.39, 0.29) is 29.0 Å². The van der Waals surface area contributed by atoms with Crippen molar-refractivity contribution >= 4 is 35.1 Å². The van der Waals surface area contributed by atoms with Crippen molar-refractivity contribution in [3.05, 3.63) is 51.9 Å². The van der Waals surface area contributed by atoms with E-state index in [4.69, 9.17) is 0 Å². The lowest BCUT2D eigenvalue weighted by molar-refractivity contribution is -0.139. The molecule has 1 atom stereocenters. The fraction of sp³-hybridized carbons (Fsp3) is 0.278. The van der Waals surface area contributed by atoms with Gasteiger partial charge in [-0.15, -0.1) is 0 Å². The maximum absolute atomic E-state index is 12.4. The molecule has 0 aliphatic heterocycles. The lowest BCUT2D eigenvalue weighted by atomic mass is 10.1. The van der Waals surface area contributed by atoms with Crippen molar-refractivity contribution in [1.29, 1.82) is 0 Å². The molecule has 0 fully saturated rings. The van der Waals surface area contributed by atoms with E-state index < -0.39 is 16.8 Å². The van der Waals surface area contributed by atoms with Gasteiger partial charge in [0.1, 0.15) is 0 Å². The standard InChI is InChI=1S/C18H19N3O5S/c1-10(22)13-6-4-5-7-14(13)20-17(25)11(2)27-18-19-12(8-15(23)21-18)9-16(24)26-3/h4-8,11H,9H2,1-3H3,(H,20,25)(H,19,21,23)/t11-/m0/s1. The number of aromatic amines is 1. The molecule has 8 nitrogen and oxygen atoms in total. The zero-order valence-electron chi connectivity index (χ0n) is 15.1. The first-order chi connectivity index (χ1) is 12.8. The largest absolute Gasteiger partial charge is 0.469 e. The lowest BCUT2D eigenvalue weighted by Gasteiger charge is -2.13. The number of aromatic nitrogens is 2. The van der Waals surface area contributed by atoms with E-state index in [9.17, 15) is 19.2 Å². The number of carbonyl (C=O) groups is 3. The van der Waals surface area contributed by atoms with E-state index in [1.807, 2.05) is 0 Å². The molecule has 9 heteroatoms. The van der Waals surface area contributed by atoms with E-state index in [0.717, 1.165) is 11.8 Å². The number of H-pyrrole nitrogens is 1. The summed E-state index contributed by atoms with van der Waals surface area (Å²) in [6.45, 7) is 3.06. The van der Waals surface area contributed by atoms with Gasteiger partial charge in [0.25, 0.3) is 5.56 Å². The molecule has 0 unspecified atom stereocenters. The molecule has 2 rings (SSSR count). The van der Waals surface area contributed by atoms with Gasteiger partial charge in [-0.2, -0.15) is 0 Å². The number of para-hydroxylation sites is 1. The average molecular weight is 389 g/mol. The predicted molar refractivity (Wildman–Crippen MR) is 101 cm³/mol. The van der Waals surface area contributed by atoms with Crippen LogP contribution in [0.4, 0.5) is 5.69 Å². The van der Waals surface area contributed by atoms with E-state index >= 15 is 0 Å². The van der Waals surface area contributed by atoms with Crippen LogP contribution in [-0.4, -0.2) is 40.0 Å². The van der Waals surface area contributed by atoms with E-state index in [0.29, 0.717) is 11.3 Å². The maximum Gasteiger partial charge on any atom is 0.311 e. The third-order valence-corrected chi connectivity index (χ3v) is 4.53. The maximum atomic E-state index is 12.4. The number of ketones is 1. The first-order valence-corrected chi connectivity index (χ1v) is 8.92. The second kappa shape index (κ2) is 9.13. The third-order valence-electron chi connectivity index (χ3n) is 3.55. The van der Waals surface area contributed by atoms with Gasteiger partial charge < -0.3 is 15.0 Å². The monoisotopic (exact) mass is 389 g/mol. The molecule has 142 valence electrons. The molecular formula is C18H19N3O5S. The Labute approximate surface area is 159 Å². The van der Waals surface area contributed by atoms with Gasteiger partial charge in [-0.25, -0.2) is 4.98 Å². The highest BCUT2D eigenvalue weighted by Gasteiger charge is 2.18. The molecule has 0 radical (unpaired) electrons. The molecule has 1 aromatic heterocycles. The lowest BCUT2D eigenvalue weighted by Crippen LogP contribution is -2.24. The van der Waals surface area contributed by atoms with Crippen molar-refractivity contribution in [2.75, 3.05) is 12.4 Å². The number of esters is 1. The van der Waals surface area contributed by atoms with Crippen LogP contribution in [0.3, 0.4) is 0 Å². The minimum absolute atomic E-state index is 0.138. The number of hydrogen-bond acceptors (Lipinski definition) is 7. The SMILES string of the molecule is COC(=O)Cc1cc(=O)[nH]c(S[C@@H](C)C(=O)Nc2ccccc2C(C)=O)n1. The first kappa shape index (κ1) is 20.4. The molecule has 2 N–H and O–H groups in total. The van der Waals surface area contributed by atoms with Gasteiger partial charge in [-0.3, -0.25) is 19.2 Å². The number of carbonyl (C=O) groups excluding carboxylic acids is 3. The summed E-state index contributed by atoms with van der Waals surface area (Å²) < 4.78 is 4.56. The Hall–Kier alpha value is -2.94. The Kier molecular flexibility index (Phi) is 6.89. The zero-order chi connectivity index (χ0) is 20.0. The van der Waals surface area contributed by atoms with Crippen molar-refractivity contribution in [2.45, 2.75) is 30.7 Å². The number of Topliss-reactive ketones (excluding diaryl/α,β-unsaturated/α-hetero) is 1. The van der Waals surface area contributed by atoms with Crippen LogP contribution < -0.4 is 10.9 Å². The van der Waals surface area contributed by atoms with E-state index in [1.54, 1.807) is 31.2 Å². The number of hydrogen-bond donors (Lipinski definition) is 2. The van der Waals surface area contributed by atoms with E-state index in [2.05, 4.69) is 20.0 Å². The molecule has 1 aromatic carbocycles. The Bertz CT molecular complexity index is 925. The summed E-state index contributed by atoms with van der Waals surface area (Å²) in [5, 5.41) is 2.31. The van der Waals surface area contributed by atoms with Crippen LogP contribution in [0.5, 0.6) is 0 Å². The number of rotatable bonds is 7. The molecule has 1 heterocycles. The second-order valence-corrected chi connectivity index (χ2v) is 6.98. The molecule has 0 spiro atoms. The molecule has 0 saturated carbocycles. The third kappa shape index (κ3) is 5.78. The van der Waals surface area contributed by atoms with Crippen molar-refractivity contribution in [3.63, 3.8) is 0 Å². The van der Waals surface area contributed by atoms with Crippen molar-refractivity contribution in [3.8, 4) is 0 Å². The smallest absolute Gasteiger partial charge is 0.311 e. The minimum atomic E-state index is -0.610. The number of benzene rings is 1. The number of thioether (sulfide) groups is 1. The molecule has 27 heavy (non-hydrogen) atoms. The summed E-state index contributed by atoms with van der Waals surface area (Å²) in [7, 11) is 1.25. The number of amides is 1. The Morgan fingerprint density at radius 1 is 1.30 bits per heavy atom. The van der Waals surface area contributed by atoms with Gasteiger partial charge >= 0.3 is 5.97 Å². The molecule has 0 aliphatic rings. The number of anilines is 1. The van der Waals surface area contributed by atoms with Gasteiger partial charge in [-0.1, -0.05) is 23.9 Å². The number of methoxy groups -OCH3 is 1. The summed E-state index contributed by atoms with van der Waals surface area (Å²) in [6.07, 6.45) is -0.138. The fourth-order valence-corrected chi connectivity index (χ4v) is 3.03. The molecule has 0 bridgehead atoms. The van der Waals surface area contributed by atoms with Crippen LogP contribution in [0.1, 0.15) is 29.9 Å². The molecule has 0 aliphatic carbocycles. The van der Waals surface area contributed by atoms with Crippen LogP contribution in [0.2, 0.25) is 0 Å². The van der Waals surface area contributed by atoms with Crippen molar-refractivity contribution in [2.24, 2.45) is 0 Å². The quantitative estimate of drug-likeness (QED) is 0.321. The van der Waals surface area contributed by atoms with Crippen LogP contribution in [0.25, 0.3) is 0 Å². The van der Waals surface area contributed by atoms with Crippen molar-refractivity contribution in [1.82, 2.24) is 9.97 Å². The minimum Gasteiger partial charge on any atom is -0.469 e. The highest BCUT2D eigenvalue weighted by atomic mass is 32.2. The molecule has 1 amide bonds. The topological polar surface area (TPSA) is 118 Å². The zero-order valence-corrected chi connectivity index (χ0v) is 15.9. The summed E-state index contributed by atoms with van der Waals surface area (Å²) in [4.78, 5) is 53.9. The molecular weight excluding hydrogens is 370 g/mol. The van der Waals surface area contributed by atoms with Crippen LogP contribution >= 0.6 is 11.8 Å². The number of nitrogens with one attached hydrogen (secondary N) is 2. The van der Waals surface area contributed by atoms with Gasteiger partial charge in [0.2, 0.25) is 5.91 Å². The van der Waals surface area contributed by atoms with Gasteiger partial charge in [0, 0.05) is 11.6 Å². The average Bonchev–Trinajstić information content (AvgIpc) is 2.61. The predicted octanol–water partition coefficient (Wildman–Crippen LogP) is 1.81. The first-order valence-electron chi connectivity index (χ1n) is 8.04. The number of ether oxygens (including phenoxy) is 1. The van der Waals surface area contributed by atoms with Crippen molar-refractivity contribution < 1.29 is 19.1 Å². The van der Waals surface area contributed by atoms with Crippen LogP contribution in [-0.2, 0) is 20.7 Å². The fourth-order valence-electron chi connectivity index (χ4n) is 2.20. The van der Waals surface area contributed by atoms with Crippen LogP contribution in [0, 0.1) is 0 Å². The molecule has 0 saturated heterocycles. The highest BCUT2D eigenvalue weighted by molar-refractivity contribution is 8.00. The van der Waals surface area contributed by atoms with E-state index in [1.165, 1.54) is 20.1 Å². The second-order valence-electron chi connectivity index (χ2n) is 5.65. The Morgan fingerprint density at radius 3 is 2.67 bits per heavy atom. The van der Waals surface area contributed by atoms with Crippen LogP contribution in [0.15, 0.2) is 40.3 Å². The van der Waals surface area contributed by atoms with Gasteiger partial charge in [-0.05, 0) is 26.0 Å². The summed E-state index contributed by atoms with van der Waals surface area (Å²) in [5.74, 6) is -1.03. The van der Waals surface area contributed by atoms with Gasteiger partial charge in [0.15, 0.2) is 10.9 Å². The Morgan fingerprint density at radius 2 is 2.00 bits per heavy atom. The summed E-state index contributed by atoms with van der Waals surface area (Å²) in [5.41, 5.74) is 0.654. The van der Waals surface area contributed by atoms with Gasteiger partial charge in [0.05, 0.1) is 30.2 Å².